The fourth-order valence-corrected chi connectivity index (χ4v) is 3.78. The SMILES string of the molecule is CC(C)Cc1cc(-c2nnc3sc(-c4ccc5c(c4)OCO5)nn23)n[nH]1. The molecule has 8 nitrogen and oxygen atoms in total. The van der Waals surface area contributed by atoms with E-state index in [0.717, 1.165) is 44.8 Å². The van der Waals surface area contributed by atoms with Gasteiger partial charge in [-0.05, 0) is 36.6 Å². The minimum atomic E-state index is 0.256. The predicted molar refractivity (Wildman–Crippen MR) is 96.3 cm³/mol. The zero-order chi connectivity index (χ0) is 17.7. The number of rotatable bonds is 4. The van der Waals surface area contributed by atoms with Gasteiger partial charge in [0, 0.05) is 11.3 Å². The third-order valence-electron chi connectivity index (χ3n) is 4.10. The number of aromatic amines is 1. The second-order valence-electron chi connectivity index (χ2n) is 6.57. The highest BCUT2D eigenvalue weighted by atomic mass is 32.1. The molecule has 0 atom stereocenters. The van der Waals surface area contributed by atoms with E-state index in [1.165, 1.54) is 11.3 Å². The Balaban J connectivity index is 1.52. The quantitative estimate of drug-likeness (QED) is 0.595. The summed E-state index contributed by atoms with van der Waals surface area (Å²) in [4.78, 5) is 0.723. The molecule has 0 aliphatic carbocycles. The highest BCUT2D eigenvalue weighted by Gasteiger charge is 2.19. The van der Waals surface area contributed by atoms with Gasteiger partial charge in [-0.3, -0.25) is 5.10 Å². The summed E-state index contributed by atoms with van der Waals surface area (Å²) >= 11 is 1.47. The van der Waals surface area contributed by atoms with Crippen LogP contribution in [0.5, 0.6) is 11.5 Å². The van der Waals surface area contributed by atoms with Gasteiger partial charge < -0.3 is 9.47 Å². The number of H-pyrrole nitrogens is 1. The van der Waals surface area contributed by atoms with Crippen LogP contribution >= 0.6 is 11.3 Å². The topological polar surface area (TPSA) is 90.2 Å². The van der Waals surface area contributed by atoms with Crippen molar-refractivity contribution in [3.8, 4) is 33.6 Å². The molecule has 9 heteroatoms. The Kier molecular flexibility index (Phi) is 3.42. The molecular formula is C17H16N6O2S. The van der Waals surface area contributed by atoms with Gasteiger partial charge in [0.25, 0.3) is 0 Å². The zero-order valence-electron chi connectivity index (χ0n) is 14.3. The number of ether oxygens (including phenoxy) is 2. The first-order valence-electron chi connectivity index (χ1n) is 8.34. The van der Waals surface area contributed by atoms with Crippen molar-refractivity contribution in [1.82, 2.24) is 30.0 Å². The first kappa shape index (κ1) is 15.3. The Bertz CT molecular complexity index is 1100. The normalized spacial score (nSPS) is 13.2. The average Bonchev–Trinajstić information content (AvgIpc) is 3.36. The van der Waals surface area contributed by atoms with Crippen LogP contribution in [0.3, 0.4) is 0 Å². The van der Waals surface area contributed by atoms with E-state index in [0.29, 0.717) is 11.7 Å². The molecule has 0 saturated carbocycles. The first-order chi connectivity index (χ1) is 12.7. The number of hydrogen-bond acceptors (Lipinski definition) is 7. The van der Waals surface area contributed by atoms with E-state index in [1.807, 2.05) is 24.3 Å². The van der Waals surface area contributed by atoms with Crippen molar-refractivity contribution in [2.24, 2.45) is 5.92 Å². The van der Waals surface area contributed by atoms with Crippen molar-refractivity contribution in [2.45, 2.75) is 20.3 Å². The Morgan fingerprint density at radius 2 is 2.08 bits per heavy atom. The van der Waals surface area contributed by atoms with Crippen molar-refractivity contribution in [2.75, 3.05) is 6.79 Å². The fourth-order valence-electron chi connectivity index (χ4n) is 2.94. The second kappa shape index (κ2) is 5.80. The molecule has 0 radical (unpaired) electrons. The van der Waals surface area contributed by atoms with Crippen LogP contribution in [0.15, 0.2) is 24.3 Å². The Labute approximate surface area is 152 Å². The molecule has 0 unspecified atom stereocenters. The summed E-state index contributed by atoms with van der Waals surface area (Å²) in [6.45, 7) is 4.60. The van der Waals surface area contributed by atoms with Crippen LogP contribution in [0.4, 0.5) is 0 Å². The number of benzene rings is 1. The van der Waals surface area contributed by atoms with E-state index in [-0.39, 0.29) is 6.79 Å². The Morgan fingerprint density at radius 3 is 2.96 bits per heavy atom. The van der Waals surface area contributed by atoms with Gasteiger partial charge in [-0.15, -0.1) is 10.2 Å². The largest absolute Gasteiger partial charge is 0.454 e. The smallest absolute Gasteiger partial charge is 0.235 e. The minimum absolute atomic E-state index is 0.256. The molecule has 26 heavy (non-hydrogen) atoms. The molecule has 132 valence electrons. The van der Waals surface area contributed by atoms with Crippen molar-refractivity contribution in [3.63, 3.8) is 0 Å². The molecule has 1 N–H and O–H groups in total. The summed E-state index contributed by atoms with van der Waals surface area (Å²) in [6.07, 6.45) is 0.939. The number of nitrogens with zero attached hydrogens (tertiary/aromatic N) is 5. The molecule has 1 aliphatic heterocycles. The van der Waals surface area contributed by atoms with Crippen molar-refractivity contribution in [3.05, 3.63) is 30.0 Å². The summed E-state index contributed by atoms with van der Waals surface area (Å²) in [5, 5.41) is 21.4. The molecule has 0 fully saturated rings. The van der Waals surface area contributed by atoms with Crippen LogP contribution < -0.4 is 9.47 Å². The Morgan fingerprint density at radius 1 is 1.19 bits per heavy atom. The molecule has 4 heterocycles. The molecule has 4 aromatic rings. The van der Waals surface area contributed by atoms with E-state index in [4.69, 9.17) is 9.47 Å². The van der Waals surface area contributed by atoms with Gasteiger partial charge in [0.15, 0.2) is 11.5 Å². The van der Waals surface area contributed by atoms with E-state index < -0.39 is 0 Å². The maximum Gasteiger partial charge on any atom is 0.235 e. The standard InChI is InChI=1S/C17H16N6O2S/c1-9(2)5-11-7-12(19-18-11)15-20-21-17-23(15)22-16(26-17)10-3-4-13-14(6-10)25-8-24-13/h3-4,6-7,9H,5,8H2,1-2H3,(H,18,19). The van der Waals surface area contributed by atoms with Crippen molar-refractivity contribution in [1.29, 1.82) is 0 Å². The van der Waals surface area contributed by atoms with Crippen LogP contribution in [0.25, 0.3) is 27.1 Å². The molecule has 0 amide bonds. The number of aromatic nitrogens is 6. The lowest BCUT2D eigenvalue weighted by atomic mass is 10.1. The summed E-state index contributed by atoms with van der Waals surface area (Å²) in [6, 6.07) is 7.81. The van der Waals surface area contributed by atoms with Gasteiger partial charge >= 0.3 is 0 Å². The molecule has 1 aliphatic rings. The lowest BCUT2D eigenvalue weighted by Crippen LogP contribution is -1.93. The molecule has 0 bridgehead atoms. The number of fused-ring (bicyclic) bond motifs is 2. The average molecular weight is 368 g/mol. The van der Waals surface area contributed by atoms with Gasteiger partial charge in [0.05, 0.1) is 0 Å². The number of hydrogen-bond donors (Lipinski definition) is 1. The monoisotopic (exact) mass is 368 g/mol. The zero-order valence-corrected chi connectivity index (χ0v) is 15.1. The van der Waals surface area contributed by atoms with Crippen LogP contribution in [-0.4, -0.2) is 36.8 Å². The van der Waals surface area contributed by atoms with E-state index in [1.54, 1.807) is 4.52 Å². The lowest BCUT2D eigenvalue weighted by Gasteiger charge is -1.99. The van der Waals surface area contributed by atoms with Crippen LogP contribution in [0.2, 0.25) is 0 Å². The molecule has 1 aromatic carbocycles. The molecule has 3 aromatic heterocycles. The van der Waals surface area contributed by atoms with Gasteiger partial charge in [-0.1, -0.05) is 25.2 Å². The lowest BCUT2D eigenvalue weighted by molar-refractivity contribution is 0.174. The molecular weight excluding hydrogens is 352 g/mol. The van der Waals surface area contributed by atoms with Crippen molar-refractivity contribution >= 4 is 16.3 Å². The van der Waals surface area contributed by atoms with Crippen molar-refractivity contribution < 1.29 is 9.47 Å². The van der Waals surface area contributed by atoms with Crippen LogP contribution in [-0.2, 0) is 6.42 Å². The van der Waals surface area contributed by atoms with Crippen LogP contribution in [0, 0.1) is 5.92 Å². The highest BCUT2D eigenvalue weighted by molar-refractivity contribution is 7.19. The van der Waals surface area contributed by atoms with Crippen LogP contribution in [0.1, 0.15) is 19.5 Å². The Hall–Kier alpha value is -2.94. The predicted octanol–water partition coefficient (Wildman–Crippen LogP) is 3.17. The summed E-state index contributed by atoms with van der Waals surface area (Å²) in [7, 11) is 0. The maximum atomic E-state index is 5.45. The highest BCUT2D eigenvalue weighted by Crippen LogP contribution is 2.37. The van der Waals surface area contributed by atoms with E-state index in [9.17, 15) is 0 Å². The first-order valence-corrected chi connectivity index (χ1v) is 9.16. The van der Waals surface area contributed by atoms with Gasteiger partial charge in [0.1, 0.15) is 10.7 Å². The molecule has 5 rings (SSSR count). The van der Waals surface area contributed by atoms with Gasteiger partial charge in [-0.25, -0.2) is 0 Å². The second-order valence-corrected chi connectivity index (χ2v) is 7.53. The minimum Gasteiger partial charge on any atom is -0.454 e. The third-order valence-corrected chi connectivity index (χ3v) is 5.05. The summed E-state index contributed by atoms with van der Waals surface area (Å²) in [5.74, 6) is 2.68. The molecule has 0 saturated heterocycles. The summed E-state index contributed by atoms with van der Waals surface area (Å²) < 4.78 is 12.5. The maximum absolute atomic E-state index is 5.45. The molecule has 0 spiro atoms. The van der Waals surface area contributed by atoms with E-state index in [2.05, 4.69) is 39.3 Å². The fraction of sp³-hybridized carbons (Fsp3) is 0.294. The third kappa shape index (κ3) is 2.51. The number of nitrogens with one attached hydrogen (secondary N) is 1. The van der Waals surface area contributed by atoms with Gasteiger partial charge in [-0.2, -0.15) is 14.7 Å². The van der Waals surface area contributed by atoms with E-state index >= 15 is 0 Å². The summed E-state index contributed by atoms with van der Waals surface area (Å²) in [5.41, 5.74) is 2.78. The van der Waals surface area contributed by atoms with Gasteiger partial charge in [0.2, 0.25) is 17.6 Å².